The Morgan fingerprint density at radius 3 is 2.72 bits per heavy atom. The number of ether oxygens (including phenoxy) is 1. The molecule has 3 N–H and O–H groups in total. The summed E-state index contributed by atoms with van der Waals surface area (Å²) in [6.07, 6.45) is 0. The van der Waals surface area contributed by atoms with Crippen LogP contribution in [-0.2, 0) is 11.3 Å². The van der Waals surface area contributed by atoms with Crippen molar-refractivity contribution in [3.05, 3.63) is 82.3 Å². The molecule has 0 aliphatic carbocycles. The molecule has 5 rings (SSSR count). The van der Waals surface area contributed by atoms with E-state index in [2.05, 4.69) is 15.3 Å². The zero-order valence-electron chi connectivity index (χ0n) is 17.6. The van der Waals surface area contributed by atoms with Gasteiger partial charge in [-0.1, -0.05) is 18.2 Å². The molecule has 0 aliphatic heterocycles. The van der Waals surface area contributed by atoms with E-state index in [9.17, 15) is 9.59 Å². The first-order valence-corrected chi connectivity index (χ1v) is 10.1. The molecule has 1 amide bonds. The Labute approximate surface area is 182 Å². The lowest BCUT2D eigenvalue weighted by Gasteiger charge is -2.11. The zero-order valence-corrected chi connectivity index (χ0v) is 17.6. The molecule has 8 nitrogen and oxygen atoms in total. The maximum absolute atomic E-state index is 12.2. The first-order chi connectivity index (χ1) is 15.6. The quantitative estimate of drug-likeness (QED) is 0.400. The number of carbonyl (C=O) groups excluding carboxylic acids is 1. The van der Waals surface area contributed by atoms with Gasteiger partial charge in [-0.25, -0.2) is 9.78 Å². The summed E-state index contributed by atoms with van der Waals surface area (Å²) >= 11 is 0. The van der Waals surface area contributed by atoms with Crippen LogP contribution < -0.4 is 11.0 Å². The molecule has 160 valence electrons. The Balaban J connectivity index is 1.77. The average Bonchev–Trinajstić information content (AvgIpc) is 3.37. The van der Waals surface area contributed by atoms with Crippen molar-refractivity contribution in [2.75, 3.05) is 14.2 Å². The number of hydrogen-bond acceptors (Lipinski definition) is 4. The smallest absolute Gasteiger partial charge is 0.323 e. The van der Waals surface area contributed by atoms with E-state index in [1.165, 1.54) is 0 Å². The molecule has 0 saturated heterocycles. The van der Waals surface area contributed by atoms with E-state index >= 15 is 0 Å². The van der Waals surface area contributed by atoms with Gasteiger partial charge in [0.1, 0.15) is 5.82 Å². The van der Waals surface area contributed by atoms with Crippen LogP contribution in [0.1, 0.15) is 15.9 Å². The lowest BCUT2D eigenvalue weighted by atomic mass is 10.1. The highest BCUT2D eigenvalue weighted by molar-refractivity contribution is 5.98. The van der Waals surface area contributed by atoms with Crippen molar-refractivity contribution in [2.24, 2.45) is 0 Å². The highest BCUT2D eigenvalue weighted by atomic mass is 16.5. The molecule has 0 atom stereocenters. The van der Waals surface area contributed by atoms with E-state index in [0.717, 1.165) is 33.7 Å². The zero-order chi connectivity index (χ0) is 22.2. The second-order valence-electron chi connectivity index (χ2n) is 7.50. The number of aromatic amines is 2. The van der Waals surface area contributed by atoms with Gasteiger partial charge < -0.3 is 20.0 Å². The molecule has 32 heavy (non-hydrogen) atoms. The van der Waals surface area contributed by atoms with E-state index in [4.69, 9.17) is 9.72 Å². The van der Waals surface area contributed by atoms with Gasteiger partial charge in [0.25, 0.3) is 5.91 Å². The van der Waals surface area contributed by atoms with Crippen LogP contribution in [0.15, 0.2) is 65.5 Å². The number of amides is 1. The first kappa shape index (κ1) is 19.8. The number of methoxy groups -OCH3 is 1. The predicted octanol–water partition coefficient (Wildman–Crippen LogP) is 3.37. The number of nitrogens with one attached hydrogen (secondary N) is 3. The number of nitrogens with zero attached hydrogens (tertiary/aromatic N) is 2. The number of imidazole rings is 2. The van der Waals surface area contributed by atoms with Crippen molar-refractivity contribution in [2.45, 2.75) is 6.61 Å². The molecule has 2 aromatic heterocycles. The Kier molecular flexibility index (Phi) is 4.84. The SMILES string of the molecule is CNC(=O)c1ccc2c(c1)nc(-c1cccc(COC)c1)n2-c1ccc2[nH]c(=O)[nH]c2c1. The van der Waals surface area contributed by atoms with Crippen molar-refractivity contribution in [1.82, 2.24) is 24.8 Å². The monoisotopic (exact) mass is 427 g/mol. The van der Waals surface area contributed by atoms with Gasteiger partial charge >= 0.3 is 5.69 Å². The number of fused-ring (bicyclic) bond motifs is 2. The molecule has 0 unspecified atom stereocenters. The molecule has 0 radical (unpaired) electrons. The van der Waals surface area contributed by atoms with Gasteiger partial charge in [0, 0.05) is 31.0 Å². The number of aromatic nitrogens is 4. The van der Waals surface area contributed by atoms with Crippen LogP contribution >= 0.6 is 0 Å². The molecule has 0 saturated carbocycles. The standard InChI is InChI=1S/C24H21N5O3/c1-25-23(30)16-6-9-21-20(11-16)26-22(15-5-3-4-14(10-15)13-32-2)29(21)17-7-8-18-19(12-17)28-24(31)27-18/h3-12H,13H2,1-2H3,(H,25,30)(H2,27,28,31). The summed E-state index contributed by atoms with van der Waals surface area (Å²) in [5.41, 5.74) is 6.05. The Morgan fingerprint density at radius 2 is 1.91 bits per heavy atom. The summed E-state index contributed by atoms with van der Waals surface area (Å²) < 4.78 is 7.32. The second-order valence-corrected chi connectivity index (χ2v) is 7.50. The Hall–Kier alpha value is -4.17. The molecule has 2 heterocycles. The van der Waals surface area contributed by atoms with Crippen molar-refractivity contribution in [3.8, 4) is 17.1 Å². The summed E-state index contributed by atoms with van der Waals surface area (Å²) in [7, 11) is 3.26. The fraction of sp³-hybridized carbons (Fsp3) is 0.125. The van der Waals surface area contributed by atoms with E-state index in [1.807, 2.05) is 53.1 Å². The number of rotatable bonds is 5. The number of carbonyl (C=O) groups is 1. The van der Waals surface area contributed by atoms with Crippen LogP contribution in [0, 0.1) is 0 Å². The third kappa shape index (κ3) is 3.36. The lowest BCUT2D eigenvalue weighted by Crippen LogP contribution is -2.17. The number of H-pyrrole nitrogens is 2. The number of benzene rings is 3. The maximum Gasteiger partial charge on any atom is 0.323 e. The van der Waals surface area contributed by atoms with Crippen LogP contribution in [0.3, 0.4) is 0 Å². The minimum Gasteiger partial charge on any atom is -0.380 e. The molecule has 0 aliphatic rings. The van der Waals surface area contributed by atoms with Gasteiger partial charge in [0.05, 0.1) is 28.7 Å². The van der Waals surface area contributed by atoms with E-state index in [-0.39, 0.29) is 11.6 Å². The van der Waals surface area contributed by atoms with E-state index in [0.29, 0.717) is 23.2 Å². The van der Waals surface area contributed by atoms with Crippen molar-refractivity contribution >= 4 is 28.0 Å². The molecule has 5 aromatic rings. The number of hydrogen-bond donors (Lipinski definition) is 3. The fourth-order valence-electron chi connectivity index (χ4n) is 3.95. The van der Waals surface area contributed by atoms with Gasteiger partial charge in [-0.3, -0.25) is 9.36 Å². The van der Waals surface area contributed by atoms with Gasteiger partial charge in [-0.2, -0.15) is 0 Å². The molecule has 0 bridgehead atoms. The minimum absolute atomic E-state index is 0.170. The van der Waals surface area contributed by atoms with Gasteiger partial charge in [-0.05, 0) is 48.0 Å². The van der Waals surface area contributed by atoms with Crippen LogP contribution in [0.5, 0.6) is 0 Å². The van der Waals surface area contributed by atoms with Crippen molar-refractivity contribution < 1.29 is 9.53 Å². The van der Waals surface area contributed by atoms with Gasteiger partial charge in [0.2, 0.25) is 0 Å². The van der Waals surface area contributed by atoms with Crippen LogP contribution in [0.25, 0.3) is 39.1 Å². The van der Waals surface area contributed by atoms with E-state index < -0.39 is 0 Å². The van der Waals surface area contributed by atoms with Crippen LogP contribution in [-0.4, -0.2) is 39.6 Å². The Morgan fingerprint density at radius 1 is 1.06 bits per heavy atom. The molecule has 8 heteroatoms. The third-order valence-electron chi connectivity index (χ3n) is 5.40. The summed E-state index contributed by atoms with van der Waals surface area (Å²) in [6, 6.07) is 19.1. The summed E-state index contributed by atoms with van der Waals surface area (Å²) in [4.78, 5) is 34.4. The minimum atomic E-state index is -0.254. The first-order valence-electron chi connectivity index (χ1n) is 10.1. The van der Waals surface area contributed by atoms with Crippen LogP contribution in [0.2, 0.25) is 0 Å². The highest BCUT2D eigenvalue weighted by Crippen LogP contribution is 2.30. The van der Waals surface area contributed by atoms with Crippen molar-refractivity contribution in [1.29, 1.82) is 0 Å². The lowest BCUT2D eigenvalue weighted by molar-refractivity contribution is 0.0963. The molecular weight excluding hydrogens is 406 g/mol. The molecular formula is C24H21N5O3. The largest absolute Gasteiger partial charge is 0.380 e. The predicted molar refractivity (Wildman–Crippen MR) is 123 cm³/mol. The highest BCUT2D eigenvalue weighted by Gasteiger charge is 2.17. The summed E-state index contributed by atoms with van der Waals surface area (Å²) in [5.74, 6) is 0.556. The van der Waals surface area contributed by atoms with Gasteiger partial charge in [0.15, 0.2) is 0 Å². The second kappa shape index (κ2) is 7.82. The van der Waals surface area contributed by atoms with E-state index in [1.54, 1.807) is 26.3 Å². The van der Waals surface area contributed by atoms with Crippen LogP contribution in [0.4, 0.5) is 0 Å². The third-order valence-corrected chi connectivity index (χ3v) is 5.40. The molecule has 0 fully saturated rings. The normalized spacial score (nSPS) is 11.3. The molecule has 0 spiro atoms. The fourth-order valence-corrected chi connectivity index (χ4v) is 3.95. The maximum atomic E-state index is 12.2. The Bertz CT molecular complexity index is 1530. The van der Waals surface area contributed by atoms with Gasteiger partial charge in [-0.15, -0.1) is 0 Å². The topological polar surface area (TPSA) is 105 Å². The summed E-state index contributed by atoms with van der Waals surface area (Å²) in [6.45, 7) is 0.492. The molecule has 3 aromatic carbocycles. The average molecular weight is 427 g/mol. The summed E-state index contributed by atoms with van der Waals surface area (Å²) in [5, 5.41) is 2.65. The van der Waals surface area contributed by atoms with Crippen molar-refractivity contribution in [3.63, 3.8) is 0 Å².